The lowest BCUT2D eigenvalue weighted by Gasteiger charge is -2.33. The second-order valence-corrected chi connectivity index (χ2v) is 6.60. The molecule has 3 heterocycles. The van der Waals surface area contributed by atoms with E-state index in [0.29, 0.717) is 29.9 Å². The number of halogens is 4. The van der Waals surface area contributed by atoms with Crippen molar-refractivity contribution in [2.24, 2.45) is 0 Å². The van der Waals surface area contributed by atoms with Crippen molar-refractivity contribution in [2.45, 2.75) is 18.4 Å². The monoisotopic (exact) mass is 456 g/mol. The summed E-state index contributed by atoms with van der Waals surface area (Å²) in [4.78, 5) is 20.8. The van der Waals surface area contributed by atoms with E-state index in [1.54, 1.807) is 18.2 Å². The maximum Gasteiger partial charge on any atom is 0.251 e. The SMILES string of the molecule is Cl.Cl.O=C(NC1CNCCC1c1ccc(F)c(F)c1)c1ccnc(-n2cncn2)c1. The zero-order valence-electron chi connectivity index (χ0n) is 15.7. The zero-order valence-corrected chi connectivity index (χ0v) is 17.3. The predicted molar refractivity (Wildman–Crippen MR) is 111 cm³/mol. The van der Waals surface area contributed by atoms with Gasteiger partial charge in [-0.3, -0.25) is 4.79 Å². The van der Waals surface area contributed by atoms with E-state index in [9.17, 15) is 13.6 Å². The summed E-state index contributed by atoms with van der Waals surface area (Å²) in [5.41, 5.74) is 1.10. The smallest absolute Gasteiger partial charge is 0.251 e. The van der Waals surface area contributed by atoms with Crippen molar-refractivity contribution in [1.29, 1.82) is 0 Å². The Labute approximate surface area is 184 Å². The van der Waals surface area contributed by atoms with Gasteiger partial charge in [-0.25, -0.2) is 23.4 Å². The fourth-order valence-electron chi connectivity index (χ4n) is 3.42. The number of hydrogen-bond donors (Lipinski definition) is 2. The van der Waals surface area contributed by atoms with Crippen LogP contribution in [-0.4, -0.2) is 44.8 Å². The van der Waals surface area contributed by atoms with E-state index >= 15 is 0 Å². The average molecular weight is 457 g/mol. The Morgan fingerprint density at radius 2 is 2.00 bits per heavy atom. The first-order valence-corrected chi connectivity index (χ1v) is 8.89. The van der Waals surface area contributed by atoms with E-state index in [1.807, 2.05) is 0 Å². The number of benzene rings is 1. The van der Waals surface area contributed by atoms with Crippen molar-refractivity contribution in [3.63, 3.8) is 0 Å². The van der Waals surface area contributed by atoms with Crippen LogP contribution in [0.3, 0.4) is 0 Å². The molecule has 2 aromatic heterocycles. The molecule has 2 N–H and O–H groups in total. The van der Waals surface area contributed by atoms with E-state index in [0.717, 1.165) is 12.6 Å². The van der Waals surface area contributed by atoms with Crippen molar-refractivity contribution in [2.75, 3.05) is 13.1 Å². The number of pyridine rings is 1. The van der Waals surface area contributed by atoms with Crippen LogP contribution in [0, 0.1) is 11.6 Å². The molecule has 0 aliphatic carbocycles. The Morgan fingerprint density at radius 3 is 2.73 bits per heavy atom. The summed E-state index contributed by atoms with van der Waals surface area (Å²) in [5.74, 6) is -1.67. The normalized spacial score (nSPS) is 18.1. The number of carbonyl (C=O) groups excluding carboxylic acids is 1. The van der Waals surface area contributed by atoms with Crippen LogP contribution in [0.2, 0.25) is 0 Å². The molecule has 1 aromatic carbocycles. The maximum atomic E-state index is 13.7. The summed E-state index contributed by atoms with van der Waals surface area (Å²) in [7, 11) is 0. The number of rotatable bonds is 4. The molecular formula is C19H20Cl2F2N6O. The molecular weight excluding hydrogens is 437 g/mol. The van der Waals surface area contributed by atoms with Crippen molar-refractivity contribution in [1.82, 2.24) is 30.4 Å². The Bertz CT molecular complexity index is 989. The Morgan fingerprint density at radius 1 is 1.17 bits per heavy atom. The topological polar surface area (TPSA) is 84.7 Å². The lowest BCUT2D eigenvalue weighted by atomic mass is 9.86. The van der Waals surface area contributed by atoms with Gasteiger partial charge < -0.3 is 10.6 Å². The quantitative estimate of drug-likeness (QED) is 0.630. The Hall–Kier alpha value is -2.62. The van der Waals surface area contributed by atoms with Gasteiger partial charge >= 0.3 is 0 Å². The third-order valence-corrected chi connectivity index (χ3v) is 4.83. The van der Waals surface area contributed by atoms with Crippen LogP contribution in [0.4, 0.5) is 8.78 Å². The van der Waals surface area contributed by atoms with Gasteiger partial charge in [0.1, 0.15) is 12.7 Å². The number of nitrogens with zero attached hydrogens (tertiary/aromatic N) is 4. The standard InChI is InChI=1S/C19H18F2N6O.2ClH/c20-15-2-1-12(7-16(15)21)14-4-5-22-9-17(14)26-19(28)13-3-6-24-18(8-13)27-11-23-10-25-27;;/h1-3,6-8,10-11,14,17,22H,4-5,9H2,(H,26,28);2*1H. The summed E-state index contributed by atoms with van der Waals surface area (Å²) in [6, 6.07) is 6.88. The van der Waals surface area contributed by atoms with Crippen LogP contribution >= 0.6 is 24.8 Å². The van der Waals surface area contributed by atoms with E-state index < -0.39 is 11.6 Å². The molecule has 7 nitrogen and oxygen atoms in total. The second-order valence-electron chi connectivity index (χ2n) is 6.60. The summed E-state index contributed by atoms with van der Waals surface area (Å²) >= 11 is 0. The average Bonchev–Trinajstić information content (AvgIpc) is 3.26. The van der Waals surface area contributed by atoms with E-state index in [4.69, 9.17) is 0 Å². The molecule has 0 saturated carbocycles. The number of nitrogens with one attached hydrogen (secondary N) is 2. The lowest BCUT2D eigenvalue weighted by Crippen LogP contribution is -2.50. The number of aromatic nitrogens is 4. The van der Waals surface area contributed by atoms with Crippen molar-refractivity contribution in [3.8, 4) is 5.82 Å². The van der Waals surface area contributed by atoms with Gasteiger partial charge in [0.25, 0.3) is 5.91 Å². The van der Waals surface area contributed by atoms with Crippen LogP contribution in [0.5, 0.6) is 0 Å². The second kappa shape index (κ2) is 10.4. The van der Waals surface area contributed by atoms with E-state index in [2.05, 4.69) is 25.7 Å². The summed E-state index contributed by atoms with van der Waals surface area (Å²) in [6.45, 7) is 1.28. The first kappa shape index (κ1) is 23.7. The number of hydrogen-bond acceptors (Lipinski definition) is 5. The van der Waals surface area contributed by atoms with Crippen LogP contribution < -0.4 is 10.6 Å². The van der Waals surface area contributed by atoms with Gasteiger partial charge in [0, 0.05) is 30.3 Å². The zero-order chi connectivity index (χ0) is 19.5. The highest BCUT2D eigenvalue weighted by Crippen LogP contribution is 2.27. The molecule has 0 radical (unpaired) electrons. The molecule has 4 rings (SSSR count). The summed E-state index contributed by atoms with van der Waals surface area (Å²) < 4.78 is 28.4. The molecule has 11 heteroatoms. The lowest BCUT2D eigenvalue weighted by molar-refractivity contribution is 0.0924. The van der Waals surface area contributed by atoms with Crippen LogP contribution in [-0.2, 0) is 0 Å². The van der Waals surface area contributed by atoms with Gasteiger partial charge in [0.15, 0.2) is 17.5 Å². The van der Waals surface area contributed by atoms with Gasteiger partial charge in [-0.15, -0.1) is 24.8 Å². The minimum absolute atomic E-state index is 0. The number of piperidine rings is 1. The first-order chi connectivity index (χ1) is 13.6. The third-order valence-electron chi connectivity index (χ3n) is 4.83. The molecule has 3 aromatic rings. The molecule has 1 saturated heterocycles. The van der Waals surface area contributed by atoms with Crippen LogP contribution in [0.25, 0.3) is 5.82 Å². The minimum atomic E-state index is -0.882. The van der Waals surface area contributed by atoms with Crippen LogP contribution in [0.1, 0.15) is 28.3 Å². The fraction of sp³-hybridized carbons (Fsp3) is 0.263. The number of carbonyl (C=O) groups is 1. The minimum Gasteiger partial charge on any atom is -0.347 e. The molecule has 2 unspecified atom stereocenters. The van der Waals surface area contributed by atoms with E-state index in [-0.39, 0.29) is 42.7 Å². The van der Waals surface area contributed by atoms with Gasteiger partial charge in [-0.2, -0.15) is 5.10 Å². The van der Waals surface area contributed by atoms with Crippen LogP contribution in [0.15, 0.2) is 49.2 Å². The third kappa shape index (κ3) is 5.10. The molecule has 30 heavy (non-hydrogen) atoms. The molecule has 0 spiro atoms. The summed E-state index contributed by atoms with van der Waals surface area (Å²) in [6.07, 6.45) is 5.11. The molecule has 0 bridgehead atoms. The van der Waals surface area contributed by atoms with Gasteiger partial charge in [-0.05, 0) is 42.8 Å². The molecule has 1 aliphatic rings. The molecule has 160 valence electrons. The largest absolute Gasteiger partial charge is 0.347 e. The predicted octanol–water partition coefficient (Wildman–Crippen LogP) is 2.66. The number of amides is 1. The highest BCUT2D eigenvalue weighted by atomic mass is 35.5. The fourth-order valence-corrected chi connectivity index (χ4v) is 3.42. The first-order valence-electron chi connectivity index (χ1n) is 8.89. The van der Waals surface area contributed by atoms with Gasteiger partial charge in [0.05, 0.1) is 0 Å². The summed E-state index contributed by atoms with van der Waals surface area (Å²) in [5, 5.41) is 10.2. The highest BCUT2D eigenvalue weighted by Gasteiger charge is 2.28. The molecule has 1 aliphatic heterocycles. The molecule has 1 amide bonds. The van der Waals surface area contributed by atoms with Crippen molar-refractivity contribution in [3.05, 3.63) is 71.9 Å². The van der Waals surface area contributed by atoms with E-state index in [1.165, 1.54) is 29.6 Å². The van der Waals surface area contributed by atoms with Crippen molar-refractivity contribution >= 4 is 30.7 Å². The highest BCUT2D eigenvalue weighted by molar-refractivity contribution is 5.94. The van der Waals surface area contributed by atoms with Gasteiger partial charge in [0.2, 0.25) is 0 Å². The van der Waals surface area contributed by atoms with Gasteiger partial charge in [-0.1, -0.05) is 6.07 Å². The van der Waals surface area contributed by atoms with Crippen molar-refractivity contribution < 1.29 is 13.6 Å². The Kier molecular flexibility index (Phi) is 8.22. The maximum absolute atomic E-state index is 13.7. The Balaban J connectivity index is 0.00000160. The molecule has 2 atom stereocenters. The molecule has 1 fully saturated rings.